The van der Waals surface area contributed by atoms with E-state index in [2.05, 4.69) is 16.6 Å². The third-order valence-corrected chi connectivity index (χ3v) is 5.13. The number of halogens is 1. The van der Waals surface area contributed by atoms with Gasteiger partial charge in [-0.3, -0.25) is 9.52 Å². The maximum absolute atomic E-state index is 12.7. The van der Waals surface area contributed by atoms with Gasteiger partial charge in [-0.05, 0) is 49.2 Å². The van der Waals surface area contributed by atoms with Crippen molar-refractivity contribution in [1.82, 2.24) is 5.32 Å². The number of hydrogen-bond acceptors (Lipinski definition) is 3. The molecule has 132 valence electrons. The van der Waals surface area contributed by atoms with Gasteiger partial charge >= 0.3 is 0 Å². The number of carbonyl (C=O) groups excluding carboxylic acids is 1. The van der Waals surface area contributed by atoms with E-state index in [0.717, 1.165) is 5.56 Å². The fourth-order valence-electron chi connectivity index (χ4n) is 2.31. The number of amides is 1. The molecule has 25 heavy (non-hydrogen) atoms. The highest BCUT2D eigenvalue weighted by Gasteiger charge is 2.19. The van der Waals surface area contributed by atoms with Gasteiger partial charge in [-0.2, -0.15) is 0 Å². The van der Waals surface area contributed by atoms with Crippen LogP contribution in [-0.2, 0) is 10.0 Å². The van der Waals surface area contributed by atoms with E-state index < -0.39 is 10.0 Å². The van der Waals surface area contributed by atoms with Gasteiger partial charge < -0.3 is 5.32 Å². The highest BCUT2D eigenvalue weighted by molar-refractivity contribution is 7.92. The lowest BCUT2D eigenvalue weighted by Crippen LogP contribution is -2.23. The smallest absolute Gasteiger partial charge is 0.261 e. The largest absolute Gasteiger partial charge is 0.349 e. The molecule has 5 nitrogen and oxygen atoms in total. The summed E-state index contributed by atoms with van der Waals surface area (Å²) in [6.45, 7) is 7.47. The zero-order valence-electron chi connectivity index (χ0n) is 14.0. The SMILES string of the molecule is C=CCNC(=O)c1cccc(S(=O)(=O)Nc2c(C)cc(C)cc2Cl)c1. The summed E-state index contributed by atoms with van der Waals surface area (Å²) in [5.41, 5.74) is 2.23. The van der Waals surface area contributed by atoms with E-state index >= 15 is 0 Å². The molecule has 2 aromatic rings. The van der Waals surface area contributed by atoms with Crippen molar-refractivity contribution in [2.45, 2.75) is 18.7 Å². The molecule has 0 saturated carbocycles. The van der Waals surface area contributed by atoms with Crippen LogP contribution in [-0.4, -0.2) is 20.9 Å². The molecule has 0 fully saturated rings. The Balaban J connectivity index is 2.35. The second-order valence-corrected chi connectivity index (χ2v) is 7.66. The van der Waals surface area contributed by atoms with E-state index in [9.17, 15) is 13.2 Å². The van der Waals surface area contributed by atoms with Gasteiger partial charge in [0.15, 0.2) is 0 Å². The number of nitrogens with one attached hydrogen (secondary N) is 2. The minimum Gasteiger partial charge on any atom is -0.349 e. The van der Waals surface area contributed by atoms with Crippen LogP contribution in [0.5, 0.6) is 0 Å². The molecule has 0 atom stereocenters. The van der Waals surface area contributed by atoms with Crippen LogP contribution in [0.1, 0.15) is 21.5 Å². The minimum absolute atomic E-state index is 0.0187. The van der Waals surface area contributed by atoms with Gasteiger partial charge in [0.2, 0.25) is 0 Å². The number of anilines is 1. The Labute approximate surface area is 152 Å². The molecule has 1 amide bonds. The summed E-state index contributed by atoms with van der Waals surface area (Å²) in [6.07, 6.45) is 1.54. The molecular formula is C18H19ClN2O3S. The van der Waals surface area contributed by atoms with Crippen molar-refractivity contribution in [3.63, 3.8) is 0 Å². The number of hydrogen-bond donors (Lipinski definition) is 2. The molecule has 0 radical (unpaired) electrons. The summed E-state index contributed by atoms with van der Waals surface area (Å²) in [5.74, 6) is -0.374. The third-order valence-electron chi connectivity index (χ3n) is 3.48. The van der Waals surface area contributed by atoms with Gasteiger partial charge in [0, 0.05) is 12.1 Å². The van der Waals surface area contributed by atoms with Gasteiger partial charge in [0.25, 0.3) is 15.9 Å². The highest BCUT2D eigenvalue weighted by Crippen LogP contribution is 2.29. The quantitative estimate of drug-likeness (QED) is 0.753. The number of benzene rings is 2. The Bertz CT molecular complexity index is 901. The van der Waals surface area contributed by atoms with Crippen molar-refractivity contribution in [3.05, 3.63) is 70.8 Å². The van der Waals surface area contributed by atoms with Crippen LogP contribution in [0.2, 0.25) is 5.02 Å². The van der Waals surface area contributed by atoms with E-state index in [1.54, 1.807) is 25.1 Å². The fraction of sp³-hybridized carbons (Fsp3) is 0.167. The monoisotopic (exact) mass is 378 g/mol. The lowest BCUT2D eigenvalue weighted by atomic mass is 10.1. The number of aryl methyl sites for hydroxylation is 2. The Hall–Kier alpha value is -2.31. The molecule has 0 spiro atoms. The van der Waals surface area contributed by atoms with Crippen LogP contribution in [0.15, 0.2) is 53.9 Å². The van der Waals surface area contributed by atoms with E-state index in [1.807, 2.05) is 13.0 Å². The second kappa shape index (κ2) is 7.72. The molecule has 0 aliphatic rings. The lowest BCUT2D eigenvalue weighted by Gasteiger charge is -2.14. The average molecular weight is 379 g/mol. The molecule has 0 saturated heterocycles. The molecule has 0 aliphatic carbocycles. The van der Waals surface area contributed by atoms with Gasteiger partial charge in [0.05, 0.1) is 15.6 Å². The van der Waals surface area contributed by atoms with Gasteiger partial charge in [-0.15, -0.1) is 6.58 Å². The average Bonchev–Trinajstić information content (AvgIpc) is 2.56. The molecule has 2 rings (SSSR count). The van der Waals surface area contributed by atoms with E-state index in [4.69, 9.17) is 11.6 Å². The van der Waals surface area contributed by atoms with Crippen LogP contribution in [0.3, 0.4) is 0 Å². The zero-order valence-corrected chi connectivity index (χ0v) is 15.5. The van der Waals surface area contributed by atoms with E-state index in [1.165, 1.54) is 18.2 Å². The van der Waals surface area contributed by atoms with Crippen molar-refractivity contribution in [3.8, 4) is 0 Å². The van der Waals surface area contributed by atoms with Crippen LogP contribution >= 0.6 is 11.6 Å². The third kappa shape index (κ3) is 4.61. The van der Waals surface area contributed by atoms with Crippen molar-refractivity contribution in [1.29, 1.82) is 0 Å². The number of rotatable bonds is 6. The summed E-state index contributed by atoms with van der Waals surface area (Å²) in [6, 6.07) is 9.32. The molecule has 0 heterocycles. The summed E-state index contributed by atoms with van der Waals surface area (Å²) in [4.78, 5) is 12.0. The van der Waals surface area contributed by atoms with Crippen LogP contribution < -0.4 is 10.0 Å². The van der Waals surface area contributed by atoms with Crippen molar-refractivity contribution >= 4 is 33.2 Å². The summed E-state index contributed by atoms with van der Waals surface area (Å²) >= 11 is 6.17. The second-order valence-electron chi connectivity index (χ2n) is 5.57. The van der Waals surface area contributed by atoms with Crippen LogP contribution in [0.25, 0.3) is 0 Å². The Morgan fingerprint density at radius 3 is 2.60 bits per heavy atom. The topological polar surface area (TPSA) is 75.3 Å². The van der Waals surface area contributed by atoms with E-state index in [0.29, 0.717) is 22.8 Å². The molecular weight excluding hydrogens is 360 g/mol. The van der Waals surface area contributed by atoms with Crippen LogP contribution in [0.4, 0.5) is 5.69 Å². The normalized spacial score (nSPS) is 11.0. The predicted molar refractivity (Wildman–Crippen MR) is 101 cm³/mol. The first kappa shape index (κ1) is 19.0. The van der Waals surface area contributed by atoms with E-state index in [-0.39, 0.29) is 16.4 Å². The van der Waals surface area contributed by atoms with Crippen molar-refractivity contribution in [2.24, 2.45) is 0 Å². The predicted octanol–water partition coefficient (Wildman–Crippen LogP) is 3.67. The van der Waals surface area contributed by atoms with Gasteiger partial charge in [0.1, 0.15) is 0 Å². The lowest BCUT2D eigenvalue weighted by molar-refractivity contribution is 0.0958. The number of sulfonamides is 1. The molecule has 0 bridgehead atoms. The van der Waals surface area contributed by atoms with Crippen molar-refractivity contribution < 1.29 is 13.2 Å². The zero-order chi connectivity index (χ0) is 18.6. The first-order valence-corrected chi connectivity index (χ1v) is 9.39. The maximum Gasteiger partial charge on any atom is 0.261 e. The number of carbonyl (C=O) groups is 1. The Kier molecular flexibility index (Phi) is 5.87. The van der Waals surface area contributed by atoms with Crippen molar-refractivity contribution in [2.75, 3.05) is 11.3 Å². The summed E-state index contributed by atoms with van der Waals surface area (Å²) in [7, 11) is -3.88. The fourth-order valence-corrected chi connectivity index (χ4v) is 3.93. The van der Waals surface area contributed by atoms with Gasteiger partial charge in [-0.25, -0.2) is 8.42 Å². The minimum atomic E-state index is -3.88. The van der Waals surface area contributed by atoms with Gasteiger partial charge in [-0.1, -0.05) is 29.8 Å². The molecule has 2 aromatic carbocycles. The maximum atomic E-state index is 12.7. The molecule has 0 aliphatic heterocycles. The standard InChI is InChI=1S/C18H19ClN2O3S/c1-4-8-20-18(22)14-6-5-7-15(11-14)25(23,24)21-17-13(3)9-12(2)10-16(17)19/h4-7,9-11,21H,1,8H2,2-3H3,(H,20,22). The first-order valence-electron chi connectivity index (χ1n) is 7.53. The first-order chi connectivity index (χ1) is 11.7. The molecule has 0 unspecified atom stereocenters. The molecule has 0 aromatic heterocycles. The summed E-state index contributed by atoms with van der Waals surface area (Å²) < 4.78 is 27.8. The Morgan fingerprint density at radius 2 is 1.96 bits per heavy atom. The Morgan fingerprint density at radius 1 is 1.24 bits per heavy atom. The van der Waals surface area contributed by atoms with Crippen LogP contribution in [0, 0.1) is 13.8 Å². The molecule has 2 N–H and O–H groups in total. The molecule has 7 heteroatoms. The highest BCUT2D eigenvalue weighted by atomic mass is 35.5. The summed E-state index contributed by atoms with van der Waals surface area (Å²) in [5, 5.41) is 2.93.